The fourth-order valence-corrected chi connectivity index (χ4v) is 2.54. The molecule has 0 fully saturated rings. The van der Waals surface area contributed by atoms with Gasteiger partial charge >= 0.3 is 0 Å². The molecule has 0 aliphatic carbocycles. The van der Waals surface area contributed by atoms with E-state index in [9.17, 15) is 0 Å². The lowest BCUT2D eigenvalue weighted by atomic mass is 10.1. The maximum atomic E-state index is 4.68. The molecule has 0 saturated carbocycles. The highest BCUT2D eigenvalue weighted by Crippen LogP contribution is 2.20. The van der Waals surface area contributed by atoms with Crippen molar-refractivity contribution < 1.29 is 0 Å². The van der Waals surface area contributed by atoms with Crippen molar-refractivity contribution in [3.05, 3.63) is 90.0 Å². The molecule has 0 unspecified atom stereocenters. The Bertz CT molecular complexity index is 821. The molecule has 126 valence electrons. The van der Waals surface area contributed by atoms with Crippen LogP contribution in [0, 0.1) is 0 Å². The summed E-state index contributed by atoms with van der Waals surface area (Å²) in [5.41, 5.74) is 5.55. The molecule has 0 heterocycles. The second kappa shape index (κ2) is 8.15. The van der Waals surface area contributed by atoms with E-state index in [1.54, 1.807) is 0 Å². The second-order valence-corrected chi connectivity index (χ2v) is 6.09. The Hall–Kier alpha value is -3.07. The van der Waals surface area contributed by atoms with Crippen LogP contribution in [0.2, 0.25) is 0 Å². The third-order valence-corrected chi connectivity index (χ3v) is 4.01. The fraction of sp³-hybridized carbons (Fsp3) is 0.136. The average molecular weight is 329 g/mol. The third-order valence-electron chi connectivity index (χ3n) is 4.01. The SMILES string of the molecule is CN(C)c1ccc(C=Nc2ccccc2CNc2ccccc2)cc1. The van der Waals surface area contributed by atoms with Crippen molar-refractivity contribution in [1.82, 2.24) is 0 Å². The number of para-hydroxylation sites is 2. The van der Waals surface area contributed by atoms with Crippen LogP contribution in [0.15, 0.2) is 83.9 Å². The molecule has 0 amide bonds. The van der Waals surface area contributed by atoms with E-state index < -0.39 is 0 Å². The van der Waals surface area contributed by atoms with Crippen LogP contribution in [-0.2, 0) is 6.54 Å². The Morgan fingerprint density at radius 2 is 1.52 bits per heavy atom. The quantitative estimate of drug-likeness (QED) is 0.636. The summed E-state index contributed by atoms with van der Waals surface area (Å²) in [7, 11) is 4.08. The minimum Gasteiger partial charge on any atom is -0.381 e. The monoisotopic (exact) mass is 329 g/mol. The van der Waals surface area contributed by atoms with Crippen molar-refractivity contribution in [2.75, 3.05) is 24.3 Å². The van der Waals surface area contributed by atoms with Gasteiger partial charge in [-0.05, 0) is 41.5 Å². The molecule has 3 heteroatoms. The Kier molecular flexibility index (Phi) is 5.47. The summed E-state index contributed by atoms with van der Waals surface area (Å²) in [5, 5.41) is 3.44. The zero-order valence-electron chi connectivity index (χ0n) is 14.7. The van der Waals surface area contributed by atoms with Gasteiger partial charge in [-0.25, -0.2) is 0 Å². The van der Waals surface area contributed by atoms with Crippen molar-refractivity contribution in [1.29, 1.82) is 0 Å². The van der Waals surface area contributed by atoms with Crippen molar-refractivity contribution in [2.45, 2.75) is 6.54 Å². The fourth-order valence-electron chi connectivity index (χ4n) is 2.54. The van der Waals surface area contributed by atoms with E-state index in [1.807, 2.05) is 56.7 Å². The van der Waals surface area contributed by atoms with Crippen LogP contribution in [0.4, 0.5) is 17.1 Å². The average Bonchev–Trinajstić information content (AvgIpc) is 2.66. The highest BCUT2D eigenvalue weighted by molar-refractivity contribution is 5.83. The summed E-state index contributed by atoms with van der Waals surface area (Å²) in [6.07, 6.45) is 1.92. The lowest BCUT2D eigenvalue weighted by Gasteiger charge is -2.11. The first kappa shape index (κ1) is 16.8. The van der Waals surface area contributed by atoms with Gasteiger partial charge in [0.2, 0.25) is 0 Å². The zero-order valence-corrected chi connectivity index (χ0v) is 14.7. The third kappa shape index (κ3) is 4.70. The van der Waals surface area contributed by atoms with Gasteiger partial charge in [0.05, 0.1) is 5.69 Å². The molecule has 1 N–H and O–H groups in total. The normalized spacial score (nSPS) is 10.8. The van der Waals surface area contributed by atoms with Gasteiger partial charge < -0.3 is 10.2 Å². The Labute approximate surface area is 149 Å². The molecule has 0 saturated heterocycles. The number of nitrogens with zero attached hydrogens (tertiary/aromatic N) is 2. The molecule has 0 bridgehead atoms. The van der Waals surface area contributed by atoms with Gasteiger partial charge in [-0.1, -0.05) is 48.5 Å². The van der Waals surface area contributed by atoms with Crippen LogP contribution in [0.25, 0.3) is 0 Å². The van der Waals surface area contributed by atoms with Crippen LogP contribution >= 0.6 is 0 Å². The number of benzene rings is 3. The van der Waals surface area contributed by atoms with Crippen LogP contribution < -0.4 is 10.2 Å². The molecule has 0 aliphatic heterocycles. The zero-order chi connectivity index (χ0) is 17.5. The van der Waals surface area contributed by atoms with Gasteiger partial charge in [0.15, 0.2) is 0 Å². The van der Waals surface area contributed by atoms with Gasteiger partial charge in [-0.15, -0.1) is 0 Å². The van der Waals surface area contributed by atoms with E-state index in [4.69, 9.17) is 0 Å². The number of anilines is 2. The molecule has 25 heavy (non-hydrogen) atoms. The summed E-state index contributed by atoms with van der Waals surface area (Å²) in [4.78, 5) is 6.77. The summed E-state index contributed by atoms with van der Waals surface area (Å²) in [6.45, 7) is 0.747. The minimum absolute atomic E-state index is 0.747. The molecule has 3 aromatic rings. The van der Waals surface area contributed by atoms with Gasteiger partial charge in [0.1, 0.15) is 0 Å². The van der Waals surface area contributed by atoms with Crippen LogP contribution in [0.3, 0.4) is 0 Å². The van der Waals surface area contributed by atoms with Gasteiger partial charge in [0.25, 0.3) is 0 Å². The maximum Gasteiger partial charge on any atom is 0.0679 e. The molecule has 0 spiro atoms. The molecule has 0 aromatic heterocycles. The minimum atomic E-state index is 0.747. The van der Waals surface area contributed by atoms with E-state index in [0.29, 0.717) is 0 Å². The Balaban J connectivity index is 1.72. The predicted molar refractivity (Wildman–Crippen MR) is 108 cm³/mol. The number of rotatable bonds is 6. The molecule has 0 aliphatic rings. The molecule has 0 radical (unpaired) electrons. The highest BCUT2D eigenvalue weighted by atomic mass is 15.1. The first-order chi connectivity index (χ1) is 12.2. The van der Waals surface area contributed by atoms with E-state index in [-0.39, 0.29) is 0 Å². The second-order valence-electron chi connectivity index (χ2n) is 6.09. The number of nitrogens with one attached hydrogen (secondary N) is 1. The number of hydrogen-bond donors (Lipinski definition) is 1. The van der Waals surface area contributed by atoms with Crippen molar-refractivity contribution in [3.8, 4) is 0 Å². The number of hydrogen-bond acceptors (Lipinski definition) is 3. The largest absolute Gasteiger partial charge is 0.381 e. The standard InChI is InChI=1S/C22H23N3/c1-25(2)21-14-12-18(13-15-21)16-24-22-11-7-6-8-19(22)17-23-20-9-4-3-5-10-20/h3-16,23H,17H2,1-2H3. The topological polar surface area (TPSA) is 27.6 Å². The van der Waals surface area contributed by atoms with Crippen LogP contribution in [0.5, 0.6) is 0 Å². The summed E-state index contributed by atoms with van der Waals surface area (Å²) >= 11 is 0. The van der Waals surface area contributed by atoms with Crippen molar-refractivity contribution >= 4 is 23.3 Å². The summed E-state index contributed by atoms with van der Waals surface area (Å²) < 4.78 is 0. The van der Waals surface area contributed by atoms with Crippen LogP contribution in [0.1, 0.15) is 11.1 Å². The molecule has 0 atom stereocenters. The smallest absolute Gasteiger partial charge is 0.0679 e. The lowest BCUT2D eigenvalue weighted by Crippen LogP contribution is -2.08. The predicted octanol–water partition coefficient (Wildman–Crippen LogP) is 5.12. The van der Waals surface area contributed by atoms with Crippen molar-refractivity contribution in [3.63, 3.8) is 0 Å². The van der Waals surface area contributed by atoms with E-state index in [2.05, 4.69) is 57.7 Å². The van der Waals surface area contributed by atoms with Gasteiger partial charge in [0, 0.05) is 38.2 Å². The molecule has 3 rings (SSSR count). The molecular weight excluding hydrogens is 306 g/mol. The van der Waals surface area contributed by atoms with E-state index >= 15 is 0 Å². The summed E-state index contributed by atoms with van der Waals surface area (Å²) in [5.74, 6) is 0. The van der Waals surface area contributed by atoms with Gasteiger partial charge in [-0.3, -0.25) is 4.99 Å². The van der Waals surface area contributed by atoms with Gasteiger partial charge in [-0.2, -0.15) is 0 Å². The molecule has 3 aromatic carbocycles. The van der Waals surface area contributed by atoms with Crippen LogP contribution in [-0.4, -0.2) is 20.3 Å². The lowest BCUT2D eigenvalue weighted by molar-refractivity contribution is 1.13. The molecule has 3 nitrogen and oxygen atoms in total. The van der Waals surface area contributed by atoms with Crippen molar-refractivity contribution in [2.24, 2.45) is 4.99 Å². The Morgan fingerprint density at radius 3 is 2.24 bits per heavy atom. The Morgan fingerprint density at radius 1 is 0.840 bits per heavy atom. The van der Waals surface area contributed by atoms with E-state index in [1.165, 1.54) is 11.3 Å². The maximum absolute atomic E-state index is 4.68. The first-order valence-electron chi connectivity index (χ1n) is 8.41. The van der Waals surface area contributed by atoms with E-state index in [0.717, 1.165) is 23.5 Å². The number of aliphatic imine (C=N–C) groups is 1. The highest BCUT2D eigenvalue weighted by Gasteiger charge is 2.00. The molecular formula is C22H23N3. The first-order valence-corrected chi connectivity index (χ1v) is 8.41. The summed E-state index contributed by atoms with van der Waals surface area (Å²) in [6, 6.07) is 26.8.